The van der Waals surface area contributed by atoms with E-state index < -0.39 is 0 Å². The van der Waals surface area contributed by atoms with Crippen LogP contribution in [0.1, 0.15) is 42.6 Å². The Hall–Kier alpha value is -1.88. The van der Waals surface area contributed by atoms with Crippen LogP contribution in [0.3, 0.4) is 0 Å². The number of hydrogen-bond acceptors (Lipinski definition) is 4. The number of hydrogen-bond donors (Lipinski definition) is 1. The number of nitrogens with zero attached hydrogens (tertiary/aromatic N) is 2. The molecule has 1 N–H and O–H groups in total. The van der Waals surface area contributed by atoms with Crippen molar-refractivity contribution in [1.82, 2.24) is 10.2 Å². The van der Waals surface area contributed by atoms with Crippen LogP contribution in [0.25, 0.3) is 0 Å². The fourth-order valence-electron chi connectivity index (χ4n) is 2.62. The number of carbonyl (C=O) groups is 1. The van der Waals surface area contributed by atoms with E-state index in [1.807, 2.05) is 25.1 Å². The van der Waals surface area contributed by atoms with Gasteiger partial charge in [-0.3, -0.25) is 10.1 Å². The SMILES string of the molecule is Cc1cccc(C(=O)NC(=NCCN2CCCC2)OCC(C)C)c1. The number of likely N-dealkylation sites (tertiary alicyclic amines) is 1. The van der Waals surface area contributed by atoms with Gasteiger partial charge >= 0.3 is 0 Å². The molecule has 1 aliphatic heterocycles. The average Bonchev–Trinajstić information content (AvgIpc) is 3.05. The molecule has 0 atom stereocenters. The summed E-state index contributed by atoms with van der Waals surface area (Å²) in [7, 11) is 0. The molecule has 1 saturated heterocycles. The van der Waals surface area contributed by atoms with Gasteiger partial charge in [0, 0.05) is 12.1 Å². The molecular weight excluding hydrogens is 302 g/mol. The number of amidine groups is 1. The zero-order valence-electron chi connectivity index (χ0n) is 15.0. The largest absolute Gasteiger partial charge is 0.465 e. The van der Waals surface area contributed by atoms with Crippen LogP contribution in [0.4, 0.5) is 0 Å². The topological polar surface area (TPSA) is 53.9 Å². The van der Waals surface area contributed by atoms with E-state index in [0.717, 1.165) is 25.2 Å². The Balaban J connectivity index is 1.94. The number of aliphatic imine (C=N–C) groups is 1. The maximum atomic E-state index is 12.4. The Labute approximate surface area is 145 Å². The van der Waals surface area contributed by atoms with E-state index in [1.54, 1.807) is 6.07 Å². The van der Waals surface area contributed by atoms with Crippen molar-refractivity contribution in [3.63, 3.8) is 0 Å². The highest BCUT2D eigenvalue weighted by Crippen LogP contribution is 2.06. The predicted octanol–water partition coefficient (Wildman–Crippen LogP) is 2.85. The lowest BCUT2D eigenvalue weighted by Gasteiger charge is -2.15. The molecule has 1 fully saturated rings. The first-order valence-corrected chi connectivity index (χ1v) is 8.82. The molecule has 2 rings (SSSR count). The predicted molar refractivity (Wildman–Crippen MR) is 97.4 cm³/mol. The zero-order chi connectivity index (χ0) is 17.4. The molecule has 24 heavy (non-hydrogen) atoms. The molecule has 132 valence electrons. The molecule has 1 heterocycles. The molecule has 5 nitrogen and oxygen atoms in total. The minimum absolute atomic E-state index is 0.178. The van der Waals surface area contributed by atoms with Gasteiger partial charge in [-0.2, -0.15) is 0 Å². The Morgan fingerprint density at radius 2 is 2.08 bits per heavy atom. The average molecular weight is 331 g/mol. The van der Waals surface area contributed by atoms with Gasteiger partial charge in [-0.15, -0.1) is 0 Å². The third-order valence-corrected chi connectivity index (χ3v) is 3.92. The first-order valence-electron chi connectivity index (χ1n) is 8.82. The zero-order valence-corrected chi connectivity index (χ0v) is 15.0. The Morgan fingerprint density at radius 3 is 2.75 bits per heavy atom. The van der Waals surface area contributed by atoms with Gasteiger partial charge in [-0.25, -0.2) is 4.99 Å². The maximum absolute atomic E-state index is 12.4. The molecule has 0 bridgehead atoms. The molecule has 0 aliphatic carbocycles. The van der Waals surface area contributed by atoms with Crippen molar-refractivity contribution in [2.75, 3.05) is 32.8 Å². The fourth-order valence-corrected chi connectivity index (χ4v) is 2.62. The van der Waals surface area contributed by atoms with Crippen LogP contribution in [0.5, 0.6) is 0 Å². The van der Waals surface area contributed by atoms with Crippen LogP contribution in [0.2, 0.25) is 0 Å². The first kappa shape index (κ1) is 18.5. The lowest BCUT2D eigenvalue weighted by molar-refractivity contribution is 0.0963. The lowest BCUT2D eigenvalue weighted by Crippen LogP contribution is -2.34. The number of ether oxygens (including phenoxy) is 1. The van der Waals surface area contributed by atoms with Crippen LogP contribution in [-0.4, -0.2) is 49.6 Å². The van der Waals surface area contributed by atoms with E-state index in [4.69, 9.17) is 4.74 Å². The molecule has 0 saturated carbocycles. The Morgan fingerprint density at radius 1 is 1.33 bits per heavy atom. The third kappa shape index (κ3) is 6.32. The molecule has 0 spiro atoms. The number of nitrogens with one attached hydrogen (secondary N) is 1. The second-order valence-electron chi connectivity index (χ2n) is 6.76. The second-order valence-corrected chi connectivity index (χ2v) is 6.76. The summed E-state index contributed by atoms with van der Waals surface area (Å²) < 4.78 is 5.69. The molecular formula is C19H29N3O2. The summed E-state index contributed by atoms with van der Waals surface area (Å²) in [5.74, 6) is 0.201. The van der Waals surface area contributed by atoms with Gasteiger partial charge in [0.1, 0.15) is 0 Å². The van der Waals surface area contributed by atoms with Crippen molar-refractivity contribution in [2.45, 2.75) is 33.6 Å². The summed E-state index contributed by atoms with van der Waals surface area (Å²) >= 11 is 0. The van der Waals surface area contributed by atoms with Crippen molar-refractivity contribution >= 4 is 11.9 Å². The second kappa shape index (κ2) is 9.42. The third-order valence-electron chi connectivity index (χ3n) is 3.92. The van der Waals surface area contributed by atoms with Gasteiger partial charge in [-0.1, -0.05) is 31.5 Å². The van der Waals surface area contributed by atoms with Gasteiger partial charge in [0.15, 0.2) is 0 Å². The molecule has 1 amide bonds. The maximum Gasteiger partial charge on any atom is 0.291 e. The standard InChI is InChI=1S/C19H29N3O2/c1-15(2)14-24-19(20-9-12-22-10-4-5-11-22)21-18(23)17-8-6-7-16(3)13-17/h6-8,13,15H,4-5,9-12,14H2,1-3H3,(H,20,21,23). The van der Waals surface area contributed by atoms with E-state index in [1.165, 1.54) is 12.8 Å². The lowest BCUT2D eigenvalue weighted by atomic mass is 10.1. The van der Waals surface area contributed by atoms with E-state index in [2.05, 4.69) is 29.1 Å². The number of carbonyl (C=O) groups excluding carboxylic acids is 1. The van der Waals surface area contributed by atoms with E-state index in [0.29, 0.717) is 30.7 Å². The van der Waals surface area contributed by atoms with Gasteiger partial charge < -0.3 is 9.64 Å². The van der Waals surface area contributed by atoms with Gasteiger partial charge in [-0.05, 0) is 50.9 Å². The number of amides is 1. The Bertz CT molecular complexity index is 563. The summed E-state index contributed by atoms with van der Waals surface area (Å²) in [6, 6.07) is 7.83. The number of aryl methyl sites for hydroxylation is 1. The van der Waals surface area contributed by atoms with E-state index in [9.17, 15) is 4.79 Å². The summed E-state index contributed by atoms with van der Waals surface area (Å²) in [6.45, 7) is 10.5. The molecule has 5 heteroatoms. The van der Waals surface area contributed by atoms with Crippen molar-refractivity contribution in [3.8, 4) is 0 Å². The smallest absolute Gasteiger partial charge is 0.291 e. The molecule has 0 radical (unpaired) electrons. The van der Waals surface area contributed by atoms with E-state index >= 15 is 0 Å². The van der Waals surface area contributed by atoms with Crippen LogP contribution in [0, 0.1) is 12.8 Å². The van der Waals surface area contributed by atoms with Crippen molar-refractivity contribution in [3.05, 3.63) is 35.4 Å². The molecule has 1 aliphatic rings. The Kier molecular flexibility index (Phi) is 7.25. The molecule has 1 aromatic rings. The quantitative estimate of drug-likeness (QED) is 0.644. The van der Waals surface area contributed by atoms with Crippen LogP contribution in [0.15, 0.2) is 29.3 Å². The molecule has 0 unspecified atom stereocenters. The number of rotatable bonds is 6. The summed E-state index contributed by atoms with van der Waals surface area (Å²) in [6.07, 6.45) is 2.54. The monoisotopic (exact) mass is 331 g/mol. The van der Waals surface area contributed by atoms with E-state index in [-0.39, 0.29) is 5.91 Å². The van der Waals surface area contributed by atoms with Gasteiger partial charge in [0.2, 0.25) is 0 Å². The fraction of sp³-hybridized carbons (Fsp3) is 0.579. The summed E-state index contributed by atoms with van der Waals surface area (Å²) in [4.78, 5) is 19.3. The van der Waals surface area contributed by atoms with Crippen LogP contribution in [-0.2, 0) is 4.74 Å². The highest BCUT2D eigenvalue weighted by molar-refractivity contribution is 6.04. The highest BCUT2D eigenvalue weighted by atomic mass is 16.5. The first-order chi connectivity index (χ1) is 11.5. The van der Waals surface area contributed by atoms with Crippen molar-refractivity contribution < 1.29 is 9.53 Å². The van der Waals surface area contributed by atoms with Gasteiger partial charge in [0.05, 0.1) is 13.2 Å². The van der Waals surface area contributed by atoms with Crippen molar-refractivity contribution in [2.24, 2.45) is 10.9 Å². The summed E-state index contributed by atoms with van der Waals surface area (Å²) in [5, 5.41) is 2.81. The van der Waals surface area contributed by atoms with Gasteiger partial charge in [0.25, 0.3) is 11.9 Å². The minimum atomic E-state index is -0.178. The van der Waals surface area contributed by atoms with Crippen molar-refractivity contribution in [1.29, 1.82) is 0 Å². The van der Waals surface area contributed by atoms with Crippen LogP contribution < -0.4 is 5.32 Å². The molecule has 0 aromatic heterocycles. The highest BCUT2D eigenvalue weighted by Gasteiger charge is 2.13. The molecule has 1 aromatic carbocycles. The normalized spacial score (nSPS) is 15.8. The minimum Gasteiger partial charge on any atom is -0.465 e. The summed E-state index contributed by atoms with van der Waals surface area (Å²) in [5.41, 5.74) is 1.67. The number of benzene rings is 1. The van der Waals surface area contributed by atoms with Crippen LogP contribution >= 0.6 is 0 Å².